The number of nitrogens with one attached hydrogen (secondary N) is 1. The van der Waals surface area contributed by atoms with E-state index in [1.54, 1.807) is 7.11 Å². The zero-order valence-corrected chi connectivity index (χ0v) is 11.5. The Hall–Kier alpha value is -2.19. The molecule has 2 aromatic carbocycles. The molecule has 0 aliphatic heterocycles. The van der Waals surface area contributed by atoms with Gasteiger partial charge in [-0.05, 0) is 18.4 Å². The quantitative estimate of drug-likeness (QED) is 0.394. The number of hydrogen-bond donors (Lipinski definition) is 1. The molecule has 0 aliphatic rings. The molecule has 1 N–H and O–H groups in total. The average Bonchev–Trinajstić information content (AvgIpc) is 2.46. The van der Waals surface area contributed by atoms with Crippen molar-refractivity contribution in [2.45, 2.75) is 0 Å². The summed E-state index contributed by atoms with van der Waals surface area (Å²) >= 11 is 1.39. The molecular formula is C14H13N3OS. The first-order valence-corrected chi connectivity index (χ1v) is 6.86. The predicted molar refractivity (Wildman–Crippen MR) is 79.9 cm³/mol. The van der Waals surface area contributed by atoms with E-state index in [-0.39, 0.29) is 0 Å². The summed E-state index contributed by atoms with van der Waals surface area (Å²) in [5.74, 6) is 0.813. The van der Waals surface area contributed by atoms with Crippen LogP contribution in [0, 0.1) is 11.5 Å². The van der Waals surface area contributed by atoms with E-state index in [9.17, 15) is 0 Å². The molecule has 0 bridgehead atoms. The van der Waals surface area contributed by atoms with Crippen molar-refractivity contribution >= 4 is 33.4 Å². The highest BCUT2D eigenvalue weighted by Gasteiger charge is 2.05. The maximum atomic E-state index is 8.67. The molecule has 0 saturated heterocycles. The van der Waals surface area contributed by atoms with Gasteiger partial charge in [0.05, 0.1) is 12.8 Å². The Morgan fingerprint density at radius 1 is 1.26 bits per heavy atom. The number of benzene rings is 2. The third-order valence-corrected chi connectivity index (χ3v) is 3.24. The fraction of sp³-hybridized carbons (Fsp3) is 0.143. The molecule has 4 nitrogen and oxygen atoms in total. The van der Waals surface area contributed by atoms with Gasteiger partial charge in [-0.3, -0.25) is 5.32 Å². The molecule has 0 unspecified atom stereocenters. The van der Waals surface area contributed by atoms with E-state index >= 15 is 0 Å². The van der Waals surface area contributed by atoms with E-state index in [1.807, 2.05) is 48.8 Å². The number of nitrogens with zero attached hydrogens (tertiary/aromatic N) is 2. The van der Waals surface area contributed by atoms with Crippen molar-refractivity contribution in [1.82, 2.24) is 5.32 Å². The minimum atomic E-state index is 0.567. The third-order valence-electron chi connectivity index (χ3n) is 2.66. The lowest BCUT2D eigenvalue weighted by Gasteiger charge is -2.07. The number of amidine groups is 1. The lowest BCUT2D eigenvalue weighted by atomic mass is 10.1. The van der Waals surface area contributed by atoms with Gasteiger partial charge in [-0.1, -0.05) is 36.0 Å². The second kappa shape index (κ2) is 6.12. The Labute approximate surface area is 116 Å². The fourth-order valence-electron chi connectivity index (χ4n) is 1.82. The molecule has 0 saturated carbocycles. The van der Waals surface area contributed by atoms with Gasteiger partial charge >= 0.3 is 0 Å². The number of rotatable bonds is 2. The monoisotopic (exact) mass is 271 g/mol. The summed E-state index contributed by atoms with van der Waals surface area (Å²) in [7, 11) is 1.65. The molecule has 96 valence electrons. The normalized spacial score (nSPS) is 11.1. The standard InChI is InChI=1S/C14H13N3OS/c1-18-13-8-4-5-10-11(13)6-3-7-12(10)17-14(19-2)16-9-15/h3-8H,1-2H3,(H,16,17). The maximum Gasteiger partial charge on any atom is 0.183 e. The zero-order valence-electron chi connectivity index (χ0n) is 10.7. The Morgan fingerprint density at radius 3 is 2.68 bits per heavy atom. The van der Waals surface area contributed by atoms with Crippen molar-refractivity contribution in [1.29, 1.82) is 5.26 Å². The van der Waals surface area contributed by atoms with Gasteiger partial charge in [-0.25, -0.2) is 4.99 Å². The SMILES string of the molecule is COc1cccc2c(N=C(NC#N)SC)cccc12. The van der Waals surface area contributed by atoms with Gasteiger partial charge < -0.3 is 4.74 Å². The van der Waals surface area contributed by atoms with E-state index < -0.39 is 0 Å². The van der Waals surface area contributed by atoms with Gasteiger partial charge in [0.15, 0.2) is 11.4 Å². The van der Waals surface area contributed by atoms with Crippen molar-refractivity contribution in [2.24, 2.45) is 4.99 Å². The van der Waals surface area contributed by atoms with Crippen LogP contribution in [0.4, 0.5) is 5.69 Å². The van der Waals surface area contributed by atoms with Crippen LogP contribution in [0.3, 0.4) is 0 Å². The Bertz CT molecular complexity index is 661. The zero-order chi connectivity index (χ0) is 13.7. The lowest BCUT2D eigenvalue weighted by Crippen LogP contribution is -2.12. The van der Waals surface area contributed by atoms with Gasteiger partial charge in [0.25, 0.3) is 0 Å². The molecule has 2 rings (SSSR count). The highest BCUT2D eigenvalue weighted by Crippen LogP contribution is 2.32. The molecule has 0 heterocycles. The highest BCUT2D eigenvalue weighted by atomic mass is 32.2. The van der Waals surface area contributed by atoms with Crippen LogP contribution in [0.1, 0.15) is 0 Å². The van der Waals surface area contributed by atoms with Crippen molar-refractivity contribution in [3.63, 3.8) is 0 Å². The topological polar surface area (TPSA) is 57.4 Å². The number of hydrogen-bond acceptors (Lipinski definition) is 4. The molecule has 0 atom stereocenters. The minimum Gasteiger partial charge on any atom is -0.496 e. The van der Waals surface area contributed by atoms with E-state index in [1.165, 1.54) is 11.8 Å². The van der Waals surface area contributed by atoms with E-state index in [0.29, 0.717) is 5.17 Å². The first-order chi connectivity index (χ1) is 9.30. The first-order valence-electron chi connectivity index (χ1n) is 5.63. The molecule has 0 spiro atoms. The van der Waals surface area contributed by atoms with Gasteiger partial charge in [-0.2, -0.15) is 5.26 Å². The van der Waals surface area contributed by atoms with E-state index in [0.717, 1.165) is 22.2 Å². The van der Waals surface area contributed by atoms with Crippen molar-refractivity contribution < 1.29 is 4.74 Å². The van der Waals surface area contributed by atoms with E-state index in [2.05, 4.69) is 10.3 Å². The Kier molecular flexibility index (Phi) is 4.26. The van der Waals surface area contributed by atoms with Crippen LogP contribution < -0.4 is 10.1 Å². The van der Waals surface area contributed by atoms with Crippen LogP contribution >= 0.6 is 11.8 Å². The number of ether oxygens (including phenoxy) is 1. The average molecular weight is 271 g/mol. The number of aliphatic imine (C=N–C) groups is 1. The molecule has 0 radical (unpaired) electrons. The molecule has 2 aromatic rings. The van der Waals surface area contributed by atoms with Crippen LogP contribution in [-0.4, -0.2) is 18.5 Å². The minimum absolute atomic E-state index is 0.567. The second-order valence-electron chi connectivity index (χ2n) is 3.69. The van der Waals surface area contributed by atoms with Crippen molar-refractivity contribution in [2.75, 3.05) is 13.4 Å². The molecule has 0 fully saturated rings. The van der Waals surface area contributed by atoms with Crippen molar-refractivity contribution in [3.8, 4) is 11.9 Å². The summed E-state index contributed by atoms with van der Waals surface area (Å²) in [6.45, 7) is 0. The molecular weight excluding hydrogens is 258 g/mol. The summed E-state index contributed by atoms with van der Waals surface area (Å²) in [6, 6.07) is 11.7. The summed E-state index contributed by atoms with van der Waals surface area (Å²) in [5, 5.41) is 13.8. The molecule has 19 heavy (non-hydrogen) atoms. The predicted octanol–water partition coefficient (Wildman–Crippen LogP) is 3.27. The number of nitriles is 1. The summed E-state index contributed by atoms with van der Waals surface area (Å²) < 4.78 is 5.34. The van der Waals surface area contributed by atoms with Gasteiger partial charge in [0.1, 0.15) is 5.75 Å². The molecule has 0 aliphatic carbocycles. The Balaban J connectivity index is 2.59. The third kappa shape index (κ3) is 2.80. The first kappa shape index (κ1) is 13.2. The highest BCUT2D eigenvalue weighted by molar-refractivity contribution is 8.13. The van der Waals surface area contributed by atoms with E-state index in [4.69, 9.17) is 10.00 Å². The van der Waals surface area contributed by atoms with Crippen LogP contribution in [-0.2, 0) is 0 Å². The largest absolute Gasteiger partial charge is 0.496 e. The second-order valence-corrected chi connectivity index (χ2v) is 4.49. The van der Waals surface area contributed by atoms with Crippen LogP contribution in [0.2, 0.25) is 0 Å². The molecule has 0 amide bonds. The van der Waals surface area contributed by atoms with Crippen LogP contribution in [0.15, 0.2) is 41.4 Å². The summed E-state index contributed by atoms with van der Waals surface area (Å²) in [6.07, 6.45) is 3.75. The molecule has 0 aromatic heterocycles. The van der Waals surface area contributed by atoms with Crippen molar-refractivity contribution in [3.05, 3.63) is 36.4 Å². The number of methoxy groups -OCH3 is 1. The van der Waals surface area contributed by atoms with Gasteiger partial charge in [0.2, 0.25) is 0 Å². The molecule has 5 heteroatoms. The Morgan fingerprint density at radius 2 is 2.00 bits per heavy atom. The van der Waals surface area contributed by atoms with Gasteiger partial charge in [0, 0.05) is 10.8 Å². The van der Waals surface area contributed by atoms with Crippen LogP contribution in [0.25, 0.3) is 10.8 Å². The summed E-state index contributed by atoms with van der Waals surface area (Å²) in [4.78, 5) is 4.46. The number of fused-ring (bicyclic) bond motifs is 1. The summed E-state index contributed by atoms with van der Waals surface area (Å²) in [5.41, 5.74) is 0.809. The number of thioether (sulfide) groups is 1. The lowest BCUT2D eigenvalue weighted by molar-refractivity contribution is 0.420. The van der Waals surface area contributed by atoms with Crippen LogP contribution in [0.5, 0.6) is 5.75 Å². The van der Waals surface area contributed by atoms with Gasteiger partial charge in [-0.15, -0.1) is 0 Å². The maximum absolute atomic E-state index is 8.67. The fourth-order valence-corrected chi connectivity index (χ4v) is 2.16. The smallest absolute Gasteiger partial charge is 0.183 e.